The Morgan fingerprint density at radius 1 is 1.05 bits per heavy atom. The quantitative estimate of drug-likeness (QED) is 0.467. The zero-order valence-electron chi connectivity index (χ0n) is 12.4. The second kappa shape index (κ2) is 7.93. The van der Waals surface area contributed by atoms with Crippen molar-refractivity contribution in [1.29, 1.82) is 0 Å². The first-order valence-corrected chi connectivity index (χ1v) is 7.55. The molecular formula is C18H19ClO2. The smallest absolute Gasteiger partial charge is 0.120 e. The van der Waals surface area contributed by atoms with Crippen molar-refractivity contribution in [2.45, 2.75) is 20.0 Å². The number of halogens is 1. The second-order valence-corrected chi connectivity index (χ2v) is 5.19. The van der Waals surface area contributed by atoms with E-state index < -0.39 is 0 Å². The molecule has 0 saturated carbocycles. The van der Waals surface area contributed by atoms with Crippen LogP contribution >= 0.6 is 11.6 Å². The molecule has 0 bridgehead atoms. The van der Waals surface area contributed by atoms with Crippen molar-refractivity contribution in [3.8, 4) is 17.6 Å². The lowest BCUT2D eigenvalue weighted by Gasteiger charge is -2.10. The van der Waals surface area contributed by atoms with Crippen LogP contribution in [0.5, 0.6) is 5.75 Å². The SMILES string of the molecule is CC(C)OCCOc1ccc2cc(C#CCCl)ccc2c1. The summed E-state index contributed by atoms with van der Waals surface area (Å²) >= 11 is 5.57. The summed E-state index contributed by atoms with van der Waals surface area (Å²) < 4.78 is 11.1. The summed E-state index contributed by atoms with van der Waals surface area (Å²) in [6.45, 7) is 5.19. The summed E-state index contributed by atoms with van der Waals surface area (Å²) in [5, 5.41) is 2.27. The van der Waals surface area contributed by atoms with Gasteiger partial charge in [-0.2, -0.15) is 0 Å². The zero-order valence-corrected chi connectivity index (χ0v) is 13.1. The van der Waals surface area contributed by atoms with Crippen molar-refractivity contribution >= 4 is 22.4 Å². The number of ether oxygens (including phenoxy) is 2. The molecule has 0 heterocycles. The Morgan fingerprint density at radius 3 is 2.57 bits per heavy atom. The number of benzene rings is 2. The topological polar surface area (TPSA) is 18.5 Å². The fourth-order valence-corrected chi connectivity index (χ4v) is 2.04. The summed E-state index contributed by atoms with van der Waals surface area (Å²) in [7, 11) is 0. The van der Waals surface area contributed by atoms with E-state index in [4.69, 9.17) is 21.1 Å². The maximum Gasteiger partial charge on any atom is 0.120 e. The molecule has 3 heteroatoms. The molecule has 0 aliphatic heterocycles. The van der Waals surface area contributed by atoms with E-state index in [2.05, 4.69) is 17.9 Å². The Kier molecular flexibility index (Phi) is 5.92. The van der Waals surface area contributed by atoms with Gasteiger partial charge in [-0.15, -0.1) is 11.6 Å². The average molecular weight is 303 g/mol. The first-order valence-electron chi connectivity index (χ1n) is 7.02. The lowest BCUT2D eigenvalue weighted by molar-refractivity contribution is 0.0553. The summed E-state index contributed by atoms with van der Waals surface area (Å²) in [5.41, 5.74) is 0.974. The zero-order chi connectivity index (χ0) is 15.1. The van der Waals surface area contributed by atoms with Crippen LogP contribution in [-0.2, 0) is 4.74 Å². The lowest BCUT2D eigenvalue weighted by atomic mass is 10.1. The fourth-order valence-electron chi connectivity index (χ4n) is 1.97. The summed E-state index contributed by atoms with van der Waals surface area (Å²) in [4.78, 5) is 0. The summed E-state index contributed by atoms with van der Waals surface area (Å²) in [5.74, 6) is 7.09. The van der Waals surface area contributed by atoms with Gasteiger partial charge in [-0.1, -0.05) is 24.0 Å². The van der Waals surface area contributed by atoms with Crippen LogP contribution in [-0.4, -0.2) is 25.2 Å². The summed E-state index contributed by atoms with van der Waals surface area (Å²) in [6.07, 6.45) is 0.234. The molecule has 110 valence electrons. The van der Waals surface area contributed by atoms with Crippen molar-refractivity contribution in [2.75, 3.05) is 19.1 Å². The molecule has 0 saturated heterocycles. The van der Waals surface area contributed by atoms with Crippen LogP contribution in [0.15, 0.2) is 36.4 Å². The van der Waals surface area contributed by atoms with Crippen LogP contribution in [0.25, 0.3) is 10.8 Å². The van der Waals surface area contributed by atoms with E-state index in [1.54, 1.807) is 0 Å². The molecule has 2 aromatic rings. The van der Waals surface area contributed by atoms with E-state index in [0.29, 0.717) is 19.1 Å². The van der Waals surface area contributed by atoms with Crippen molar-refractivity contribution in [3.63, 3.8) is 0 Å². The minimum Gasteiger partial charge on any atom is -0.491 e. The van der Waals surface area contributed by atoms with Crippen molar-refractivity contribution < 1.29 is 9.47 Å². The van der Waals surface area contributed by atoms with Crippen LogP contribution in [0.1, 0.15) is 19.4 Å². The standard InChI is InChI=1S/C18H19ClO2/c1-14(2)20-10-11-21-18-8-7-16-12-15(4-3-9-19)5-6-17(16)13-18/h5-8,12-14H,9-11H2,1-2H3. The molecule has 0 aliphatic rings. The molecule has 0 amide bonds. The number of hydrogen-bond acceptors (Lipinski definition) is 2. The Hall–Kier alpha value is -1.69. The predicted molar refractivity (Wildman–Crippen MR) is 88.1 cm³/mol. The van der Waals surface area contributed by atoms with Crippen molar-refractivity contribution in [2.24, 2.45) is 0 Å². The molecule has 0 aromatic heterocycles. The predicted octanol–water partition coefficient (Wildman–Crippen LogP) is 4.23. The molecule has 0 aliphatic carbocycles. The van der Waals surface area contributed by atoms with Gasteiger partial charge >= 0.3 is 0 Å². The van der Waals surface area contributed by atoms with Gasteiger partial charge in [0, 0.05) is 5.56 Å². The lowest BCUT2D eigenvalue weighted by Crippen LogP contribution is -2.11. The third-order valence-electron chi connectivity index (χ3n) is 2.91. The normalized spacial score (nSPS) is 10.5. The van der Waals surface area contributed by atoms with Gasteiger partial charge in [0.05, 0.1) is 18.6 Å². The van der Waals surface area contributed by atoms with Gasteiger partial charge < -0.3 is 9.47 Å². The molecule has 0 fully saturated rings. The molecule has 21 heavy (non-hydrogen) atoms. The van der Waals surface area contributed by atoms with Crippen LogP contribution in [0.3, 0.4) is 0 Å². The van der Waals surface area contributed by atoms with Crippen molar-refractivity contribution in [3.05, 3.63) is 42.0 Å². The first-order chi connectivity index (χ1) is 10.2. The Labute approximate surface area is 131 Å². The van der Waals surface area contributed by atoms with E-state index in [1.807, 2.05) is 44.2 Å². The van der Waals surface area contributed by atoms with E-state index in [-0.39, 0.29) is 6.10 Å². The Balaban J connectivity index is 2.04. The highest BCUT2D eigenvalue weighted by molar-refractivity contribution is 6.19. The molecular weight excluding hydrogens is 284 g/mol. The highest BCUT2D eigenvalue weighted by atomic mass is 35.5. The number of fused-ring (bicyclic) bond motifs is 1. The third kappa shape index (κ3) is 4.97. The molecule has 2 nitrogen and oxygen atoms in total. The average Bonchev–Trinajstić information content (AvgIpc) is 2.49. The van der Waals surface area contributed by atoms with Gasteiger partial charge in [0.15, 0.2) is 0 Å². The monoisotopic (exact) mass is 302 g/mol. The van der Waals surface area contributed by atoms with Gasteiger partial charge in [0.2, 0.25) is 0 Å². The molecule has 2 aromatic carbocycles. The highest BCUT2D eigenvalue weighted by Gasteiger charge is 1.99. The van der Waals surface area contributed by atoms with Gasteiger partial charge in [-0.3, -0.25) is 0 Å². The molecule has 0 unspecified atom stereocenters. The molecule has 0 radical (unpaired) electrons. The maximum absolute atomic E-state index is 5.69. The van der Waals surface area contributed by atoms with Crippen LogP contribution in [0, 0.1) is 11.8 Å². The van der Waals surface area contributed by atoms with Crippen LogP contribution in [0.2, 0.25) is 0 Å². The van der Waals surface area contributed by atoms with Gasteiger partial charge in [0.1, 0.15) is 12.4 Å². The molecule has 0 N–H and O–H groups in total. The molecule has 0 spiro atoms. The van der Waals surface area contributed by atoms with E-state index >= 15 is 0 Å². The van der Waals surface area contributed by atoms with Gasteiger partial charge in [0.25, 0.3) is 0 Å². The highest BCUT2D eigenvalue weighted by Crippen LogP contribution is 2.22. The van der Waals surface area contributed by atoms with E-state index in [1.165, 1.54) is 0 Å². The fraction of sp³-hybridized carbons (Fsp3) is 0.333. The van der Waals surface area contributed by atoms with Crippen molar-refractivity contribution in [1.82, 2.24) is 0 Å². The van der Waals surface area contributed by atoms with E-state index in [0.717, 1.165) is 22.1 Å². The third-order valence-corrected chi connectivity index (χ3v) is 3.05. The summed E-state index contributed by atoms with van der Waals surface area (Å²) in [6, 6.07) is 12.1. The van der Waals surface area contributed by atoms with Gasteiger partial charge in [-0.25, -0.2) is 0 Å². The number of rotatable bonds is 5. The maximum atomic E-state index is 5.69. The number of hydrogen-bond donors (Lipinski definition) is 0. The second-order valence-electron chi connectivity index (χ2n) is 4.93. The Bertz CT molecular complexity index is 653. The first kappa shape index (κ1) is 15.7. The van der Waals surface area contributed by atoms with E-state index in [9.17, 15) is 0 Å². The molecule has 0 atom stereocenters. The minimum absolute atomic E-state index is 0.234. The Morgan fingerprint density at radius 2 is 1.81 bits per heavy atom. The molecule has 2 rings (SSSR count). The largest absolute Gasteiger partial charge is 0.491 e. The minimum atomic E-state index is 0.234. The number of alkyl halides is 1. The van der Waals surface area contributed by atoms with Crippen LogP contribution in [0.4, 0.5) is 0 Å². The van der Waals surface area contributed by atoms with Crippen LogP contribution < -0.4 is 4.74 Å². The van der Waals surface area contributed by atoms with Gasteiger partial charge in [-0.05, 0) is 48.9 Å².